The van der Waals surface area contributed by atoms with Gasteiger partial charge in [0.05, 0.1) is 6.10 Å². The Labute approximate surface area is 174 Å². The molecule has 1 aliphatic heterocycles. The van der Waals surface area contributed by atoms with E-state index in [0.717, 1.165) is 36.3 Å². The maximum atomic E-state index is 13.1. The molecule has 0 radical (unpaired) electrons. The molecule has 1 fully saturated rings. The van der Waals surface area contributed by atoms with Crippen molar-refractivity contribution >= 4 is 17.2 Å². The van der Waals surface area contributed by atoms with Crippen molar-refractivity contribution in [3.05, 3.63) is 82.3 Å². The maximum absolute atomic E-state index is 13.1. The van der Waals surface area contributed by atoms with Gasteiger partial charge in [0.15, 0.2) is 0 Å². The lowest BCUT2D eigenvalue weighted by atomic mass is 10.1. The largest absolute Gasteiger partial charge is 0.489 e. The Morgan fingerprint density at radius 1 is 1.21 bits per heavy atom. The highest BCUT2D eigenvalue weighted by Crippen LogP contribution is 2.20. The van der Waals surface area contributed by atoms with Crippen molar-refractivity contribution in [2.75, 3.05) is 13.2 Å². The Kier molecular flexibility index (Phi) is 6.54. The SMILES string of the molecule is O=C(c1ccccn1)N(Cc1cccc(OCc2ccsc2)c1)CC1CCCO1. The quantitative estimate of drug-likeness (QED) is 0.549. The summed E-state index contributed by atoms with van der Waals surface area (Å²) < 4.78 is 11.7. The number of nitrogens with zero attached hydrogens (tertiary/aromatic N) is 2. The van der Waals surface area contributed by atoms with Crippen LogP contribution in [0.5, 0.6) is 5.75 Å². The van der Waals surface area contributed by atoms with Gasteiger partial charge in [-0.3, -0.25) is 9.78 Å². The van der Waals surface area contributed by atoms with Crippen LogP contribution in [-0.4, -0.2) is 35.0 Å². The molecule has 0 saturated carbocycles. The molecule has 3 aromatic rings. The summed E-state index contributed by atoms with van der Waals surface area (Å²) in [5.74, 6) is 0.724. The number of aromatic nitrogens is 1. The normalized spacial score (nSPS) is 15.9. The molecule has 3 heterocycles. The van der Waals surface area contributed by atoms with Crippen molar-refractivity contribution in [3.63, 3.8) is 0 Å². The molecule has 29 heavy (non-hydrogen) atoms. The Bertz CT molecular complexity index is 909. The third kappa shape index (κ3) is 5.43. The highest BCUT2D eigenvalue weighted by Gasteiger charge is 2.24. The molecule has 6 heteroatoms. The van der Waals surface area contributed by atoms with Gasteiger partial charge in [-0.1, -0.05) is 18.2 Å². The van der Waals surface area contributed by atoms with Crippen molar-refractivity contribution < 1.29 is 14.3 Å². The third-order valence-corrected chi connectivity index (χ3v) is 5.61. The van der Waals surface area contributed by atoms with Crippen molar-refractivity contribution in [1.29, 1.82) is 0 Å². The average Bonchev–Trinajstić information content (AvgIpc) is 3.46. The van der Waals surface area contributed by atoms with Crippen LogP contribution in [0.4, 0.5) is 0 Å². The van der Waals surface area contributed by atoms with Gasteiger partial charge in [0, 0.05) is 25.9 Å². The second-order valence-electron chi connectivity index (χ2n) is 7.10. The fraction of sp³-hybridized carbons (Fsp3) is 0.304. The minimum atomic E-state index is -0.0781. The number of rotatable bonds is 8. The number of thiophene rings is 1. The number of benzene rings is 1. The molecule has 2 aromatic heterocycles. The first-order valence-corrected chi connectivity index (χ1v) is 10.8. The number of hydrogen-bond acceptors (Lipinski definition) is 5. The average molecular weight is 409 g/mol. The summed E-state index contributed by atoms with van der Waals surface area (Å²) in [5, 5.41) is 4.13. The number of pyridine rings is 1. The van der Waals surface area contributed by atoms with Crippen molar-refractivity contribution in [2.45, 2.75) is 32.1 Å². The summed E-state index contributed by atoms with van der Waals surface area (Å²) in [6.07, 6.45) is 3.76. The number of carbonyl (C=O) groups is 1. The van der Waals surface area contributed by atoms with E-state index in [2.05, 4.69) is 16.4 Å². The molecule has 0 aliphatic carbocycles. The van der Waals surface area contributed by atoms with Gasteiger partial charge < -0.3 is 14.4 Å². The Morgan fingerprint density at radius 2 is 2.17 bits per heavy atom. The van der Waals surface area contributed by atoms with E-state index in [1.807, 2.05) is 46.7 Å². The van der Waals surface area contributed by atoms with Crippen LogP contribution in [0.3, 0.4) is 0 Å². The van der Waals surface area contributed by atoms with Crippen molar-refractivity contribution in [2.24, 2.45) is 0 Å². The molecular formula is C23H24N2O3S. The fourth-order valence-corrected chi connectivity index (χ4v) is 4.05. The van der Waals surface area contributed by atoms with E-state index in [-0.39, 0.29) is 12.0 Å². The highest BCUT2D eigenvalue weighted by atomic mass is 32.1. The first kappa shape index (κ1) is 19.6. The van der Waals surface area contributed by atoms with Gasteiger partial charge in [-0.2, -0.15) is 11.3 Å². The van der Waals surface area contributed by atoms with Gasteiger partial charge in [0.1, 0.15) is 18.1 Å². The molecule has 0 bridgehead atoms. The number of carbonyl (C=O) groups excluding carboxylic acids is 1. The zero-order chi connectivity index (χ0) is 19.9. The highest BCUT2D eigenvalue weighted by molar-refractivity contribution is 7.07. The predicted molar refractivity (Wildman–Crippen MR) is 113 cm³/mol. The molecule has 5 nitrogen and oxygen atoms in total. The van der Waals surface area contributed by atoms with Crippen LogP contribution >= 0.6 is 11.3 Å². The summed E-state index contributed by atoms with van der Waals surface area (Å²) in [5.41, 5.74) is 2.64. The van der Waals surface area contributed by atoms with E-state index >= 15 is 0 Å². The van der Waals surface area contributed by atoms with Crippen LogP contribution < -0.4 is 4.74 Å². The van der Waals surface area contributed by atoms with Crippen LogP contribution in [-0.2, 0) is 17.9 Å². The lowest BCUT2D eigenvalue weighted by Crippen LogP contribution is -2.37. The summed E-state index contributed by atoms with van der Waals surface area (Å²) in [6, 6.07) is 15.4. The standard InChI is InChI=1S/C23H24N2O3S/c26-23(22-8-1-2-10-24-22)25(15-21-7-4-11-27-21)14-18-5-3-6-20(13-18)28-16-19-9-12-29-17-19/h1-3,5-6,8-10,12-13,17,21H,4,7,11,14-16H2. The number of ether oxygens (including phenoxy) is 2. The summed E-state index contributed by atoms with van der Waals surface area (Å²) in [4.78, 5) is 19.1. The topological polar surface area (TPSA) is 51.7 Å². The van der Waals surface area contributed by atoms with Gasteiger partial charge in [-0.05, 0) is 65.1 Å². The monoisotopic (exact) mass is 408 g/mol. The van der Waals surface area contributed by atoms with Crippen molar-refractivity contribution in [3.8, 4) is 5.75 Å². The van der Waals surface area contributed by atoms with E-state index in [1.54, 1.807) is 23.6 Å². The van der Waals surface area contributed by atoms with E-state index in [1.165, 1.54) is 0 Å². The van der Waals surface area contributed by atoms with E-state index in [9.17, 15) is 4.79 Å². The van der Waals surface area contributed by atoms with Crippen LogP contribution in [0.1, 0.15) is 34.5 Å². The molecule has 150 valence electrons. The first-order valence-electron chi connectivity index (χ1n) is 9.82. The molecule has 1 amide bonds. The van der Waals surface area contributed by atoms with E-state index in [0.29, 0.717) is 25.4 Å². The smallest absolute Gasteiger partial charge is 0.272 e. The lowest BCUT2D eigenvalue weighted by molar-refractivity contribution is 0.0502. The van der Waals surface area contributed by atoms with Crippen LogP contribution in [0.15, 0.2) is 65.5 Å². The maximum Gasteiger partial charge on any atom is 0.272 e. The molecule has 1 aromatic carbocycles. The Hall–Kier alpha value is -2.70. The minimum absolute atomic E-state index is 0.0781. The zero-order valence-corrected chi connectivity index (χ0v) is 17.0. The molecule has 1 unspecified atom stereocenters. The second kappa shape index (κ2) is 9.67. The molecule has 0 spiro atoms. The van der Waals surface area contributed by atoms with Gasteiger partial charge in [-0.15, -0.1) is 0 Å². The van der Waals surface area contributed by atoms with Crippen molar-refractivity contribution in [1.82, 2.24) is 9.88 Å². The Morgan fingerprint density at radius 3 is 2.93 bits per heavy atom. The molecular weight excluding hydrogens is 384 g/mol. The van der Waals surface area contributed by atoms with Crippen LogP contribution in [0.2, 0.25) is 0 Å². The number of hydrogen-bond donors (Lipinski definition) is 0. The summed E-state index contributed by atoms with van der Waals surface area (Å²) in [6.45, 7) is 2.36. The molecule has 1 aliphatic rings. The predicted octanol–water partition coefficient (Wildman–Crippen LogP) is 4.54. The van der Waals surface area contributed by atoms with Gasteiger partial charge in [0.25, 0.3) is 5.91 Å². The Balaban J connectivity index is 1.47. The first-order chi connectivity index (χ1) is 14.3. The zero-order valence-electron chi connectivity index (χ0n) is 16.2. The fourth-order valence-electron chi connectivity index (χ4n) is 3.40. The van der Waals surface area contributed by atoms with Gasteiger partial charge >= 0.3 is 0 Å². The molecule has 0 N–H and O–H groups in total. The minimum Gasteiger partial charge on any atom is -0.489 e. The summed E-state index contributed by atoms with van der Waals surface area (Å²) >= 11 is 1.66. The van der Waals surface area contributed by atoms with E-state index in [4.69, 9.17) is 9.47 Å². The summed E-state index contributed by atoms with van der Waals surface area (Å²) in [7, 11) is 0. The van der Waals surface area contributed by atoms with Crippen LogP contribution in [0, 0.1) is 0 Å². The van der Waals surface area contributed by atoms with E-state index < -0.39 is 0 Å². The van der Waals surface area contributed by atoms with Gasteiger partial charge in [-0.25, -0.2) is 0 Å². The lowest BCUT2D eigenvalue weighted by Gasteiger charge is -2.25. The molecule has 1 atom stereocenters. The third-order valence-electron chi connectivity index (χ3n) is 4.88. The molecule has 4 rings (SSSR count). The second-order valence-corrected chi connectivity index (χ2v) is 7.88. The van der Waals surface area contributed by atoms with Gasteiger partial charge in [0.2, 0.25) is 0 Å². The molecule has 1 saturated heterocycles. The number of amides is 1. The van der Waals surface area contributed by atoms with Crippen LogP contribution in [0.25, 0.3) is 0 Å².